The highest BCUT2D eigenvalue weighted by Gasteiger charge is 2.15. The SMILES string of the molecule is CC(NC(=O)CNCc1ccc(N2CCOCC2)cc1)C(=O)NCc1ccc(C(=N)N)cc1. The third-order valence-electron chi connectivity index (χ3n) is 5.43. The number of amides is 2. The summed E-state index contributed by atoms with van der Waals surface area (Å²) < 4.78 is 5.38. The number of nitrogen functional groups attached to an aromatic ring is 1. The van der Waals surface area contributed by atoms with Gasteiger partial charge in [0.1, 0.15) is 11.9 Å². The molecule has 0 spiro atoms. The Balaban J connectivity index is 1.34. The van der Waals surface area contributed by atoms with Crippen molar-refractivity contribution in [3.8, 4) is 0 Å². The van der Waals surface area contributed by atoms with Crippen molar-refractivity contribution in [3.63, 3.8) is 0 Å². The molecule has 1 atom stereocenters. The predicted molar refractivity (Wildman–Crippen MR) is 128 cm³/mol. The number of anilines is 1. The van der Waals surface area contributed by atoms with E-state index in [0.717, 1.165) is 37.4 Å². The van der Waals surface area contributed by atoms with E-state index in [1.54, 1.807) is 31.2 Å². The van der Waals surface area contributed by atoms with Crippen LogP contribution in [0.4, 0.5) is 5.69 Å². The molecule has 0 aromatic heterocycles. The van der Waals surface area contributed by atoms with Gasteiger partial charge in [0, 0.05) is 37.4 Å². The number of rotatable bonds is 10. The largest absolute Gasteiger partial charge is 0.384 e. The third-order valence-corrected chi connectivity index (χ3v) is 5.43. The number of benzene rings is 2. The first kappa shape index (κ1) is 24.2. The van der Waals surface area contributed by atoms with Gasteiger partial charge in [-0.05, 0) is 30.2 Å². The van der Waals surface area contributed by atoms with Crippen molar-refractivity contribution in [2.75, 3.05) is 37.7 Å². The highest BCUT2D eigenvalue weighted by Crippen LogP contribution is 2.16. The lowest BCUT2D eigenvalue weighted by Crippen LogP contribution is -2.47. The summed E-state index contributed by atoms with van der Waals surface area (Å²) in [5.74, 6) is -0.508. The molecule has 0 radical (unpaired) electrons. The fourth-order valence-corrected chi connectivity index (χ4v) is 3.47. The van der Waals surface area contributed by atoms with Crippen LogP contribution in [0.3, 0.4) is 0 Å². The molecule has 0 aliphatic carbocycles. The van der Waals surface area contributed by atoms with E-state index < -0.39 is 6.04 Å². The smallest absolute Gasteiger partial charge is 0.242 e. The summed E-state index contributed by atoms with van der Waals surface area (Å²) in [5.41, 5.74) is 9.21. The van der Waals surface area contributed by atoms with Gasteiger partial charge in [0.05, 0.1) is 19.8 Å². The molecule has 1 aliphatic rings. The summed E-state index contributed by atoms with van der Waals surface area (Å²) in [4.78, 5) is 26.7. The molecular weight excluding hydrogens is 420 g/mol. The maximum Gasteiger partial charge on any atom is 0.242 e. The first-order valence-corrected chi connectivity index (χ1v) is 11.0. The molecule has 1 fully saturated rings. The first-order valence-electron chi connectivity index (χ1n) is 11.0. The summed E-state index contributed by atoms with van der Waals surface area (Å²) in [6, 6.07) is 14.7. The molecular formula is C24H32N6O3. The average molecular weight is 453 g/mol. The van der Waals surface area contributed by atoms with Gasteiger partial charge in [-0.1, -0.05) is 36.4 Å². The predicted octanol–water partition coefficient (Wildman–Crippen LogP) is 0.718. The van der Waals surface area contributed by atoms with Crippen LogP contribution in [-0.2, 0) is 27.4 Å². The summed E-state index contributed by atoms with van der Waals surface area (Å²) in [6.07, 6.45) is 0. The molecule has 2 aromatic rings. The van der Waals surface area contributed by atoms with E-state index in [1.807, 2.05) is 0 Å². The van der Waals surface area contributed by atoms with Crippen molar-refractivity contribution >= 4 is 23.3 Å². The number of carbonyl (C=O) groups is 2. The minimum absolute atomic E-state index is 0.000494. The maximum atomic E-state index is 12.3. The van der Waals surface area contributed by atoms with Gasteiger partial charge < -0.3 is 31.3 Å². The summed E-state index contributed by atoms with van der Waals surface area (Å²) in [5, 5.41) is 16.0. The van der Waals surface area contributed by atoms with Gasteiger partial charge >= 0.3 is 0 Å². The molecule has 1 unspecified atom stereocenters. The molecule has 2 aromatic carbocycles. The van der Waals surface area contributed by atoms with Crippen molar-refractivity contribution in [1.29, 1.82) is 5.41 Å². The monoisotopic (exact) mass is 452 g/mol. The van der Waals surface area contributed by atoms with Crippen LogP contribution in [0.5, 0.6) is 0 Å². The Hall–Kier alpha value is -3.43. The fraction of sp³-hybridized carbons (Fsp3) is 0.375. The van der Waals surface area contributed by atoms with Crippen LogP contribution in [0, 0.1) is 5.41 Å². The number of hydrogen-bond acceptors (Lipinski definition) is 6. The van der Waals surface area contributed by atoms with E-state index in [9.17, 15) is 9.59 Å². The molecule has 0 saturated carbocycles. The third kappa shape index (κ3) is 7.58. The van der Waals surface area contributed by atoms with Gasteiger partial charge in [-0.3, -0.25) is 15.0 Å². The van der Waals surface area contributed by atoms with E-state index in [-0.39, 0.29) is 24.2 Å². The standard InChI is InChI=1S/C24H32N6O3/c1-17(24(32)28-15-19-2-6-20(7-3-19)23(25)26)29-22(31)16-27-14-18-4-8-21(9-5-18)30-10-12-33-13-11-30/h2-9,17,27H,10-16H2,1H3,(H3,25,26)(H,28,32)(H,29,31). The number of nitrogens with two attached hydrogens (primary N) is 1. The quantitative estimate of drug-likeness (QED) is 0.267. The lowest BCUT2D eigenvalue weighted by molar-refractivity contribution is -0.128. The van der Waals surface area contributed by atoms with Crippen molar-refractivity contribution in [2.24, 2.45) is 5.73 Å². The van der Waals surface area contributed by atoms with E-state index in [1.165, 1.54) is 5.69 Å². The molecule has 1 aliphatic heterocycles. The van der Waals surface area contributed by atoms with Crippen molar-refractivity contribution in [1.82, 2.24) is 16.0 Å². The van der Waals surface area contributed by atoms with Crippen molar-refractivity contribution < 1.29 is 14.3 Å². The van der Waals surface area contributed by atoms with Gasteiger partial charge in [-0.2, -0.15) is 0 Å². The van der Waals surface area contributed by atoms with E-state index in [4.69, 9.17) is 15.9 Å². The highest BCUT2D eigenvalue weighted by atomic mass is 16.5. The summed E-state index contributed by atoms with van der Waals surface area (Å²) >= 11 is 0. The topological polar surface area (TPSA) is 133 Å². The van der Waals surface area contributed by atoms with Gasteiger partial charge in [-0.15, -0.1) is 0 Å². The number of amidine groups is 1. The second-order valence-corrected chi connectivity index (χ2v) is 7.99. The normalized spacial score (nSPS) is 14.4. The number of nitrogens with one attached hydrogen (secondary N) is 4. The Bertz CT molecular complexity index is 940. The van der Waals surface area contributed by atoms with Crippen molar-refractivity contribution in [2.45, 2.75) is 26.1 Å². The second kappa shape index (κ2) is 12.0. The number of morpholine rings is 1. The molecule has 3 rings (SSSR count). The average Bonchev–Trinajstić information content (AvgIpc) is 2.83. The molecule has 9 heteroatoms. The van der Waals surface area contributed by atoms with Gasteiger partial charge in [0.2, 0.25) is 11.8 Å². The van der Waals surface area contributed by atoms with Crippen LogP contribution in [-0.4, -0.2) is 56.5 Å². The molecule has 6 N–H and O–H groups in total. The molecule has 9 nitrogen and oxygen atoms in total. The zero-order valence-corrected chi connectivity index (χ0v) is 18.9. The van der Waals surface area contributed by atoms with Crippen LogP contribution in [0.15, 0.2) is 48.5 Å². The lowest BCUT2D eigenvalue weighted by atomic mass is 10.1. The Labute approximate surface area is 194 Å². The molecule has 0 bridgehead atoms. The second-order valence-electron chi connectivity index (χ2n) is 7.99. The fourth-order valence-electron chi connectivity index (χ4n) is 3.47. The Morgan fingerprint density at radius 3 is 2.27 bits per heavy atom. The number of hydrogen-bond donors (Lipinski definition) is 5. The summed E-state index contributed by atoms with van der Waals surface area (Å²) in [6.45, 7) is 5.97. The Morgan fingerprint density at radius 1 is 1.03 bits per heavy atom. The Morgan fingerprint density at radius 2 is 1.64 bits per heavy atom. The van der Waals surface area contributed by atoms with Gasteiger partial charge in [-0.25, -0.2) is 0 Å². The van der Waals surface area contributed by atoms with Crippen LogP contribution < -0.4 is 26.6 Å². The van der Waals surface area contributed by atoms with Gasteiger partial charge in [0.15, 0.2) is 0 Å². The number of ether oxygens (including phenoxy) is 1. The number of nitrogens with zero attached hydrogens (tertiary/aromatic N) is 1. The molecule has 1 saturated heterocycles. The highest BCUT2D eigenvalue weighted by molar-refractivity contribution is 5.94. The van der Waals surface area contributed by atoms with Crippen LogP contribution in [0.25, 0.3) is 0 Å². The van der Waals surface area contributed by atoms with Gasteiger partial charge in [0.25, 0.3) is 0 Å². The van der Waals surface area contributed by atoms with Crippen LogP contribution in [0.1, 0.15) is 23.6 Å². The zero-order valence-electron chi connectivity index (χ0n) is 18.9. The number of carbonyl (C=O) groups excluding carboxylic acids is 2. The van der Waals surface area contributed by atoms with E-state index in [2.05, 4.69) is 45.1 Å². The molecule has 33 heavy (non-hydrogen) atoms. The molecule has 1 heterocycles. The Kier molecular flexibility index (Phi) is 8.79. The van der Waals surface area contributed by atoms with E-state index in [0.29, 0.717) is 18.7 Å². The zero-order chi connectivity index (χ0) is 23.6. The minimum atomic E-state index is -0.649. The van der Waals surface area contributed by atoms with Crippen molar-refractivity contribution in [3.05, 3.63) is 65.2 Å². The lowest BCUT2D eigenvalue weighted by Gasteiger charge is -2.28. The molecule has 2 amide bonds. The first-order chi connectivity index (χ1) is 15.9. The summed E-state index contributed by atoms with van der Waals surface area (Å²) in [7, 11) is 0. The minimum Gasteiger partial charge on any atom is -0.384 e. The maximum absolute atomic E-state index is 12.3. The molecule has 176 valence electrons. The van der Waals surface area contributed by atoms with Crippen LogP contribution in [0.2, 0.25) is 0 Å². The van der Waals surface area contributed by atoms with Crippen LogP contribution >= 0.6 is 0 Å². The van der Waals surface area contributed by atoms with E-state index >= 15 is 0 Å².